The predicted octanol–water partition coefficient (Wildman–Crippen LogP) is 3.19. The molecular formula is C12H19OP. The van der Waals surface area contributed by atoms with Crippen LogP contribution in [0.2, 0.25) is 0 Å². The van der Waals surface area contributed by atoms with Gasteiger partial charge < -0.3 is 4.74 Å². The third-order valence-electron chi connectivity index (χ3n) is 2.36. The molecule has 0 fully saturated rings. The van der Waals surface area contributed by atoms with E-state index in [1.54, 1.807) is 7.11 Å². The fraction of sp³-hybridized carbons (Fsp3) is 0.500. The molecule has 78 valence electrons. The standard InChI is InChI=1S/C12H19OP/c1-9(2)11-7-6-10(14(4)5)8-12(11)13-3/h6-9H,1-5H3. The van der Waals surface area contributed by atoms with E-state index >= 15 is 0 Å². The van der Waals surface area contributed by atoms with Crippen LogP contribution in [0.15, 0.2) is 18.2 Å². The quantitative estimate of drug-likeness (QED) is 0.696. The van der Waals surface area contributed by atoms with Crippen molar-refractivity contribution >= 4 is 13.2 Å². The Kier molecular flexibility index (Phi) is 3.95. The van der Waals surface area contributed by atoms with Crippen LogP contribution in [0.5, 0.6) is 5.75 Å². The molecular weight excluding hydrogens is 191 g/mol. The van der Waals surface area contributed by atoms with Crippen molar-refractivity contribution in [2.45, 2.75) is 19.8 Å². The fourth-order valence-electron chi connectivity index (χ4n) is 1.45. The first-order chi connectivity index (χ1) is 6.56. The molecule has 0 radical (unpaired) electrons. The maximum Gasteiger partial charge on any atom is 0.122 e. The van der Waals surface area contributed by atoms with E-state index in [0.717, 1.165) is 5.75 Å². The van der Waals surface area contributed by atoms with Gasteiger partial charge in [0.2, 0.25) is 0 Å². The smallest absolute Gasteiger partial charge is 0.122 e. The van der Waals surface area contributed by atoms with Gasteiger partial charge in [0, 0.05) is 0 Å². The van der Waals surface area contributed by atoms with E-state index in [1.807, 2.05) is 0 Å². The summed E-state index contributed by atoms with van der Waals surface area (Å²) in [5, 5.41) is 1.40. The third kappa shape index (κ3) is 2.48. The molecule has 0 bridgehead atoms. The zero-order valence-electron chi connectivity index (χ0n) is 9.66. The summed E-state index contributed by atoms with van der Waals surface area (Å²) in [6, 6.07) is 6.60. The summed E-state index contributed by atoms with van der Waals surface area (Å²) in [5.41, 5.74) is 1.30. The average molecular weight is 210 g/mol. The highest BCUT2D eigenvalue weighted by Crippen LogP contribution is 2.30. The van der Waals surface area contributed by atoms with E-state index in [1.165, 1.54) is 10.9 Å². The SMILES string of the molecule is COc1cc(P(C)C)ccc1C(C)C. The van der Waals surface area contributed by atoms with Crippen LogP contribution in [-0.2, 0) is 0 Å². The summed E-state index contributed by atoms with van der Waals surface area (Å²) in [6.07, 6.45) is 0. The largest absolute Gasteiger partial charge is 0.496 e. The third-order valence-corrected chi connectivity index (χ3v) is 3.67. The average Bonchev–Trinajstić information content (AvgIpc) is 2.16. The highest BCUT2D eigenvalue weighted by Gasteiger charge is 2.08. The van der Waals surface area contributed by atoms with Crippen LogP contribution in [0.25, 0.3) is 0 Å². The molecule has 0 N–H and O–H groups in total. The zero-order chi connectivity index (χ0) is 10.7. The van der Waals surface area contributed by atoms with E-state index < -0.39 is 0 Å². The Morgan fingerprint density at radius 2 is 1.86 bits per heavy atom. The molecule has 1 nitrogen and oxygen atoms in total. The number of hydrogen-bond acceptors (Lipinski definition) is 1. The molecule has 0 atom stereocenters. The Bertz CT molecular complexity index is 305. The monoisotopic (exact) mass is 210 g/mol. The molecule has 14 heavy (non-hydrogen) atoms. The minimum Gasteiger partial charge on any atom is -0.496 e. The van der Waals surface area contributed by atoms with E-state index in [-0.39, 0.29) is 7.92 Å². The molecule has 0 saturated heterocycles. The molecule has 0 aliphatic heterocycles. The van der Waals surface area contributed by atoms with E-state index in [2.05, 4.69) is 45.4 Å². The number of methoxy groups -OCH3 is 1. The van der Waals surface area contributed by atoms with Crippen molar-refractivity contribution in [1.82, 2.24) is 0 Å². The number of hydrogen-bond donors (Lipinski definition) is 0. The molecule has 0 aliphatic rings. The molecule has 0 saturated carbocycles. The van der Waals surface area contributed by atoms with Crippen molar-refractivity contribution < 1.29 is 4.74 Å². The topological polar surface area (TPSA) is 9.23 Å². The maximum atomic E-state index is 5.41. The highest BCUT2D eigenvalue weighted by molar-refractivity contribution is 7.64. The van der Waals surface area contributed by atoms with Gasteiger partial charge in [0.25, 0.3) is 0 Å². The van der Waals surface area contributed by atoms with Crippen LogP contribution < -0.4 is 10.0 Å². The lowest BCUT2D eigenvalue weighted by Gasteiger charge is -2.14. The Morgan fingerprint density at radius 3 is 2.29 bits per heavy atom. The molecule has 0 unspecified atom stereocenters. The van der Waals surface area contributed by atoms with Crippen molar-refractivity contribution in [3.05, 3.63) is 23.8 Å². The molecule has 2 heteroatoms. The van der Waals surface area contributed by atoms with Gasteiger partial charge in [-0.3, -0.25) is 0 Å². The van der Waals surface area contributed by atoms with Crippen molar-refractivity contribution in [2.75, 3.05) is 20.4 Å². The van der Waals surface area contributed by atoms with Crippen LogP contribution in [0, 0.1) is 0 Å². The van der Waals surface area contributed by atoms with Crippen LogP contribution >= 0.6 is 7.92 Å². The molecule has 0 aliphatic carbocycles. The normalized spacial score (nSPS) is 11.1. The lowest BCUT2D eigenvalue weighted by molar-refractivity contribution is 0.408. The first kappa shape index (κ1) is 11.5. The van der Waals surface area contributed by atoms with Crippen LogP contribution in [-0.4, -0.2) is 20.4 Å². The van der Waals surface area contributed by atoms with Crippen molar-refractivity contribution in [3.63, 3.8) is 0 Å². The fourth-order valence-corrected chi connectivity index (χ4v) is 2.20. The van der Waals surface area contributed by atoms with E-state index in [4.69, 9.17) is 4.74 Å². The highest BCUT2D eigenvalue weighted by atomic mass is 31.1. The summed E-state index contributed by atoms with van der Waals surface area (Å²) >= 11 is 0. The second-order valence-corrected chi connectivity index (χ2v) is 6.28. The second kappa shape index (κ2) is 4.79. The van der Waals surface area contributed by atoms with Crippen LogP contribution in [0.4, 0.5) is 0 Å². The minimum absolute atomic E-state index is 0.0292. The molecule has 0 amide bonds. The van der Waals surface area contributed by atoms with Crippen molar-refractivity contribution in [1.29, 1.82) is 0 Å². The van der Waals surface area contributed by atoms with Gasteiger partial charge in [0.15, 0.2) is 0 Å². The summed E-state index contributed by atoms with van der Waals surface area (Å²) in [4.78, 5) is 0. The Morgan fingerprint density at radius 1 is 1.21 bits per heavy atom. The molecule has 0 spiro atoms. The van der Waals surface area contributed by atoms with Crippen molar-refractivity contribution in [2.24, 2.45) is 0 Å². The minimum atomic E-state index is -0.0292. The van der Waals surface area contributed by atoms with E-state index in [9.17, 15) is 0 Å². The lowest BCUT2D eigenvalue weighted by Crippen LogP contribution is -2.03. The molecule has 1 aromatic carbocycles. The van der Waals surface area contributed by atoms with E-state index in [0.29, 0.717) is 5.92 Å². The Hall–Kier alpha value is -0.550. The summed E-state index contributed by atoms with van der Waals surface area (Å²) in [7, 11) is 1.72. The van der Waals surface area contributed by atoms with Crippen LogP contribution in [0.3, 0.4) is 0 Å². The van der Waals surface area contributed by atoms with Gasteiger partial charge in [-0.1, -0.05) is 33.9 Å². The van der Waals surface area contributed by atoms with Gasteiger partial charge in [-0.2, -0.15) is 0 Å². The molecule has 1 aromatic rings. The first-order valence-corrected chi connectivity index (χ1v) is 7.15. The maximum absolute atomic E-state index is 5.41. The Balaban J connectivity index is 3.11. The number of rotatable bonds is 3. The lowest BCUT2D eigenvalue weighted by atomic mass is 10.0. The number of benzene rings is 1. The van der Waals surface area contributed by atoms with Crippen LogP contribution in [0.1, 0.15) is 25.3 Å². The first-order valence-electron chi connectivity index (χ1n) is 4.91. The second-order valence-electron chi connectivity index (χ2n) is 3.98. The molecule has 0 heterocycles. The Labute approximate surface area is 88.2 Å². The number of ether oxygens (including phenoxy) is 1. The van der Waals surface area contributed by atoms with Gasteiger partial charge in [-0.25, -0.2) is 0 Å². The van der Waals surface area contributed by atoms with Gasteiger partial charge >= 0.3 is 0 Å². The van der Waals surface area contributed by atoms with Gasteiger partial charge in [-0.05, 0) is 36.2 Å². The zero-order valence-corrected chi connectivity index (χ0v) is 10.6. The molecule has 0 aromatic heterocycles. The predicted molar refractivity (Wildman–Crippen MR) is 65.5 cm³/mol. The summed E-state index contributed by atoms with van der Waals surface area (Å²) in [5.74, 6) is 1.56. The summed E-state index contributed by atoms with van der Waals surface area (Å²) in [6.45, 7) is 8.91. The van der Waals surface area contributed by atoms with Crippen molar-refractivity contribution in [3.8, 4) is 5.75 Å². The van der Waals surface area contributed by atoms with Gasteiger partial charge in [0.1, 0.15) is 5.75 Å². The van der Waals surface area contributed by atoms with Gasteiger partial charge in [-0.15, -0.1) is 0 Å². The summed E-state index contributed by atoms with van der Waals surface area (Å²) < 4.78 is 5.41. The molecule has 1 rings (SSSR count). The van der Waals surface area contributed by atoms with Gasteiger partial charge in [0.05, 0.1) is 7.11 Å².